The van der Waals surface area contributed by atoms with E-state index in [1.807, 2.05) is 54.2 Å². The topological polar surface area (TPSA) is 76.6 Å². The molecule has 0 N–H and O–H groups in total. The molecule has 0 radical (unpaired) electrons. The molecule has 0 atom stereocenters. The second-order valence-electron chi connectivity index (χ2n) is 6.44. The molecular weight excluding hydrogens is 406 g/mol. The molecule has 0 saturated carbocycles. The number of nitriles is 1. The average Bonchev–Trinajstić information content (AvgIpc) is 3.36. The third kappa shape index (κ3) is 3.86. The number of rotatable bonds is 5. The second-order valence-corrected chi connectivity index (χ2v) is 7.46. The summed E-state index contributed by atoms with van der Waals surface area (Å²) in [4.78, 5) is 0. The van der Waals surface area contributed by atoms with Gasteiger partial charge in [0.15, 0.2) is 0 Å². The van der Waals surface area contributed by atoms with Gasteiger partial charge in [0.1, 0.15) is 24.1 Å². The molecule has 0 aliphatic heterocycles. The van der Waals surface area contributed by atoms with Gasteiger partial charge in [-0.25, -0.2) is 4.68 Å². The summed E-state index contributed by atoms with van der Waals surface area (Å²) in [6.07, 6.45) is 0. The van der Waals surface area contributed by atoms with Crippen molar-refractivity contribution in [1.82, 2.24) is 19.4 Å². The van der Waals surface area contributed by atoms with Crippen molar-refractivity contribution in [3.05, 3.63) is 75.4 Å². The minimum Gasteiger partial charge on any atom is -0.489 e. The predicted octanol–water partition coefficient (Wildman–Crippen LogP) is 5.11. The minimum absolute atomic E-state index is 0.402. The van der Waals surface area contributed by atoms with Gasteiger partial charge >= 0.3 is 0 Å². The lowest BCUT2D eigenvalue weighted by Crippen LogP contribution is -2.01. The fourth-order valence-corrected chi connectivity index (χ4v) is 3.71. The maximum absolute atomic E-state index is 9.05. The summed E-state index contributed by atoms with van der Waals surface area (Å²) in [5.74, 6) is 0.768. The number of hydrogen-bond donors (Lipinski definition) is 0. The quantitative estimate of drug-likeness (QED) is 0.447. The van der Waals surface area contributed by atoms with Crippen molar-refractivity contribution in [2.45, 2.75) is 20.5 Å². The Kier molecular flexibility index (Phi) is 5.30. The Balaban J connectivity index is 1.53. The molecule has 0 unspecified atom stereocenters. The van der Waals surface area contributed by atoms with E-state index in [1.54, 1.807) is 12.1 Å². The molecule has 29 heavy (non-hydrogen) atoms. The first-order valence-corrected chi connectivity index (χ1v) is 10.0. The first kappa shape index (κ1) is 19.1. The molecule has 144 valence electrons. The lowest BCUT2D eigenvalue weighted by atomic mass is 10.1. The van der Waals surface area contributed by atoms with Crippen molar-refractivity contribution in [1.29, 1.82) is 5.26 Å². The third-order valence-electron chi connectivity index (χ3n) is 4.65. The minimum atomic E-state index is 0.402. The Hall–Kier alpha value is -3.21. The molecule has 0 aliphatic carbocycles. The van der Waals surface area contributed by atoms with Gasteiger partial charge in [0.2, 0.25) is 0 Å². The largest absolute Gasteiger partial charge is 0.489 e. The van der Waals surface area contributed by atoms with Crippen molar-refractivity contribution in [2.24, 2.45) is 0 Å². The van der Waals surface area contributed by atoms with E-state index in [0.717, 1.165) is 39.6 Å². The van der Waals surface area contributed by atoms with E-state index in [2.05, 4.69) is 20.8 Å². The normalized spacial score (nSPS) is 10.7. The second kappa shape index (κ2) is 8.03. The van der Waals surface area contributed by atoms with E-state index in [-0.39, 0.29) is 0 Å². The zero-order valence-electron chi connectivity index (χ0n) is 15.8. The van der Waals surface area contributed by atoms with Crippen LogP contribution in [0.4, 0.5) is 0 Å². The lowest BCUT2D eigenvalue weighted by Gasteiger charge is -2.09. The van der Waals surface area contributed by atoms with Crippen LogP contribution < -0.4 is 4.74 Å². The number of benzene rings is 2. The summed E-state index contributed by atoms with van der Waals surface area (Å²) in [7, 11) is 0. The summed E-state index contributed by atoms with van der Waals surface area (Å²) in [5.41, 5.74) is 5.97. The Bertz CT molecular complexity index is 1190. The maximum Gasteiger partial charge on any atom is 0.119 e. The van der Waals surface area contributed by atoms with Gasteiger partial charge in [0.25, 0.3) is 0 Å². The number of nitrogens with zero attached hydrogens (tertiary/aromatic N) is 5. The number of hydrogen-bond acceptors (Lipinski definition) is 6. The highest BCUT2D eigenvalue weighted by Gasteiger charge is 2.14. The van der Waals surface area contributed by atoms with Crippen LogP contribution in [0.2, 0.25) is 5.02 Å². The highest BCUT2D eigenvalue weighted by molar-refractivity contribution is 7.03. The third-order valence-corrected chi connectivity index (χ3v) is 5.47. The molecule has 2 aromatic heterocycles. The molecule has 2 heterocycles. The van der Waals surface area contributed by atoms with Crippen molar-refractivity contribution < 1.29 is 4.74 Å². The Morgan fingerprint density at radius 1 is 1.17 bits per heavy atom. The van der Waals surface area contributed by atoms with E-state index in [9.17, 15) is 0 Å². The zero-order valence-corrected chi connectivity index (χ0v) is 17.3. The SMILES string of the molecule is Cc1nn(-c2ccc(C#N)c(Cl)c2)c(C)c1COc1ccc(-c2csnn2)cc1. The Morgan fingerprint density at radius 2 is 1.97 bits per heavy atom. The maximum atomic E-state index is 9.05. The van der Waals surface area contributed by atoms with Gasteiger partial charge in [-0.1, -0.05) is 16.1 Å². The average molecular weight is 422 g/mol. The number of aromatic nitrogens is 4. The molecule has 0 amide bonds. The molecule has 2 aromatic carbocycles. The van der Waals surface area contributed by atoms with Gasteiger partial charge in [-0.3, -0.25) is 0 Å². The molecule has 0 bridgehead atoms. The molecule has 0 spiro atoms. The molecule has 4 aromatic rings. The van der Waals surface area contributed by atoms with Crippen molar-refractivity contribution >= 4 is 23.1 Å². The molecule has 0 fully saturated rings. The van der Waals surface area contributed by atoms with Crippen LogP contribution in [-0.2, 0) is 6.61 Å². The van der Waals surface area contributed by atoms with E-state index in [4.69, 9.17) is 21.6 Å². The molecular formula is C21H16ClN5OS. The van der Waals surface area contributed by atoms with Crippen molar-refractivity contribution in [3.8, 4) is 28.8 Å². The van der Waals surface area contributed by atoms with Crippen LogP contribution in [0.1, 0.15) is 22.5 Å². The molecule has 0 saturated heterocycles. The summed E-state index contributed by atoms with van der Waals surface area (Å²) < 4.78 is 11.7. The van der Waals surface area contributed by atoms with Gasteiger partial charge < -0.3 is 4.74 Å². The first-order valence-electron chi connectivity index (χ1n) is 8.82. The molecule has 8 heteroatoms. The van der Waals surface area contributed by atoms with Gasteiger partial charge in [-0.15, -0.1) is 5.10 Å². The summed E-state index contributed by atoms with van der Waals surface area (Å²) in [5, 5.41) is 20.1. The molecule has 4 rings (SSSR count). The number of halogens is 1. The Labute approximate surface area is 177 Å². The highest BCUT2D eigenvalue weighted by Crippen LogP contribution is 2.25. The fourth-order valence-electron chi connectivity index (χ4n) is 3.03. The van der Waals surface area contributed by atoms with Gasteiger partial charge in [0, 0.05) is 22.2 Å². The lowest BCUT2D eigenvalue weighted by molar-refractivity contribution is 0.304. The predicted molar refractivity (Wildman–Crippen MR) is 112 cm³/mol. The van der Waals surface area contributed by atoms with Crippen molar-refractivity contribution in [2.75, 3.05) is 0 Å². The standard InChI is InChI=1S/C21H16ClN5OS/c1-13-19(11-28-18-7-4-15(5-8-18)21-12-29-26-24-21)14(2)27(25-13)17-6-3-16(10-23)20(22)9-17/h3-9,12H,11H2,1-2H3. The molecule has 6 nitrogen and oxygen atoms in total. The van der Waals surface area contributed by atoms with Crippen LogP contribution in [0.15, 0.2) is 47.8 Å². The van der Waals surface area contributed by atoms with Gasteiger partial charge in [-0.2, -0.15) is 10.4 Å². The molecule has 0 aliphatic rings. The van der Waals surface area contributed by atoms with E-state index < -0.39 is 0 Å². The highest BCUT2D eigenvalue weighted by atomic mass is 35.5. The summed E-state index contributed by atoms with van der Waals surface area (Å²) in [6.45, 7) is 4.34. The van der Waals surface area contributed by atoms with Crippen LogP contribution in [0.5, 0.6) is 5.75 Å². The van der Waals surface area contributed by atoms with Crippen LogP contribution >= 0.6 is 23.1 Å². The summed E-state index contributed by atoms with van der Waals surface area (Å²) >= 11 is 7.50. The van der Waals surface area contributed by atoms with E-state index in [0.29, 0.717) is 17.2 Å². The van der Waals surface area contributed by atoms with Crippen LogP contribution in [0, 0.1) is 25.2 Å². The van der Waals surface area contributed by atoms with Crippen molar-refractivity contribution in [3.63, 3.8) is 0 Å². The van der Waals surface area contributed by atoms with E-state index in [1.165, 1.54) is 11.5 Å². The van der Waals surface area contributed by atoms with Crippen LogP contribution in [0.3, 0.4) is 0 Å². The first-order chi connectivity index (χ1) is 14.1. The van der Waals surface area contributed by atoms with Crippen LogP contribution in [-0.4, -0.2) is 19.4 Å². The van der Waals surface area contributed by atoms with E-state index >= 15 is 0 Å². The summed E-state index contributed by atoms with van der Waals surface area (Å²) in [6, 6.07) is 15.1. The smallest absolute Gasteiger partial charge is 0.119 e. The van der Waals surface area contributed by atoms with Gasteiger partial charge in [-0.05, 0) is 67.8 Å². The fraction of sp³-hybridized carbons (Fsp3) is 0.143. The number of aryl methyl sites for hydroxylation is 1. The Morgan fingerprint density at radius 3 is 2.62 bits per heavy atom. The van der Waals surface area contributed by atoms with Crippen LogP contribution in [0.25, 0.3) is 16.9 Å². The zero-order chi connectivity index (χ0) is 20.4. The van der Waals surface area contributed by atoms with Gasteiger partial charge in [0.05, 0.1) is 22.0 Å². The number of ether oxygens (including phenoxy) is 1. The monoisotopic (exact) mass is 421 g/mol.